The Morgan fingerprint density at radius 3 is 2.59 bits per heavy atom. The molecule has 0 spiro atoms. The summed E-state index contributed by atoms with van der Waals surface area (Å²) in [4.78, 5) is 29.9. The maximum absolute atomic E-state index is 12.8. The van der Waals surface area contributed by atoms with Crippen molar-refractivity contribution in [3.63, 3.8) is 0 Å². The first kappa shape index (κ1) is 19.2. The van der Waals surface area contributed by atoms with Crippen molar-refractivity contribution < 1.29 is 4.79 Å². The number of carbonyl (C=O) groups excluding carboxylic acids is 1. The number of hydrogen-bond donors (Lipinski definition) is 1. The molecule has 0 bridgehead atoms. The third-order valence-corrected chi connectivity index (χ3v) is 5.32. The van der Waals surface area contributed by atoms with Gasteiger partial charge in [0.15, 0.2) is 5.16 Å². The highest BCUT2D eigenvalue weighted by atomic mass is 32.2. The van der Waals surface area contributed by atoms with Gasteiger partial charge in [-0.05, 0) is 31.0 Å². The summed E-state index contributed by atoms with van der Waals surface area (Å²) in [6, 6.07) is 17.1. The Bertz CT molecular complexity index is 986. The van der Waals surface area contributed by atoms with E-state index in [0.29, 0.717) is 29.1 Å². The van der Waals surface area contributed by atoms with E-state index in [-0.39, 0.29) is 16.7 Å². The van der Waals surface area contributed by atoms with Gasteiger partial charge < -0.3 is 5.32 Å². The van der Waals surface area contributed by atoms with Gasteiger partial charge in [-0.3, -0.25) is 14.2 Å². The Morgan fingerprint density at radius 1 is 1.15 bits per heavy atom. The van der Waals surface area contributed by atoms with Crippen LogP contribution in [-0.2, 0) is 17.9 Å². The largest absolute Gasteiger partial charge is 0.351 e. The molecule has 1 atom stereocenters. The van der Waals surface area contributed by atoms with Crippen molar-refractivity contribution in [2.45, 2.75) is 43.8 Å². The molecular formula is C21H23N3O2S. The Hall–Kier alpha value is -2.60. The van der Waals surface area contributed by atoms with Gasteiger partial charge in [0.25, 0.3) is 5.56 Å². The molecule has 1 unspecified atom stereocenters. The summed E-state index contributed by atoms with van der Waals surface area (Å²) in [5.74, 6) is -0.0747. The molecule has 140 valence electrons. The van der Waals surface area contributed by atoms with Crippen molar-refractivity contribution in [3.05, 3.63) is 70.5 Å². The zero-order chi connectivity index (χ0) is 19.2. The highest BCUT2D eigenvalue weighted by Crippen LogP contribution is 2.23. The highest BCUT2D eigenvalue weighted by molar-refractivity contribution is 8.00. The molecule has 1 N–H and O–H groups in total. The third-order valence-electron chi connectivity index (χ3n) is 4.23. The topological polar surface area (TPSA) is 64.0 Å². The van der Waals surface area contributed by atoms with Crippen molar-refractivity contribution >= 4 is 28.6 Å². The van der Waals surface area contributed by atoms with Crippen molar-refractivity contribution in [1.29, 1.82) is 0 Å². The normalized spacial score (nSPS) is 12.1. The lowest BCUT2D eigenvalue weighted by atomic mass is 10.2. The number of nitrogens with zero attached hydrogens (tertiary/aromatic N) is 2. The second-order valence-electron chi connectivity index (χ2n) is 6.33. The van der Waals surface area contributed by atoms with Gasteiger partial charge in [-0.1, -0.05) is 61.2 Å². The van der Waals surface area contributed by atoms with Gasteiger partial charge in [0, 0.05) is 13.1 Å². The summed E-state index contributed by atoms with van der Waals surface area (Å²) in [6.45, 7) is 4.92. The fraction of sp³-hybridized carbons (Fsp3) is 0.286. The number of carbonyl (C=O) groups is 1. The van der Waals surface area contributed by atoms with Crippen LogP contribution < -0.4 is 10.9 Å². The molecule has 0 fully saturated rings. The molecular weight excluding hydrogens is 358 g/mol. The third kappa shape index (κ3) is 4.57. The number of hydrogen-bond acceptors (Lipinski definition) is 4. The lowest BCUT2D eigenvalue weighted by Gasteiger charge is -2.16. The van der Waals surface area contributed by atoms with E-state index in [0.717, 1.165) is 12.0 Å². The van der Waals surface area contributed by atoms with Crippen LogP contribution in [0.4, 0.5) is 0 Å². The zero-order valence-corrected chi connectivity index (χ0v) is 16.3. The molecule has 5 nitrogen and oxygen atoms in total. The number of rotatable bonds is 7. The van der Waals surface area contributed by atoms with Gasteiger partial charge in [-0.2, -0.15) is 0 Å². The second kappa shape index (κ2) is 8.86. The standard InChI is InChI=1S/C21H23N3O2S/c1-3-13-24-20(26)17-11-7-8-12-18(17)23-21(24)27-15(2)19(25)22-14-16-9-5-4-6-10-16/h4-12,15H,3,13-14H2,1-2H3,(H,22,25). The van der Waals surface area contributed by atoms with E-state index >= 15 is 0 Å². The van der Waals surface area contributed by atoms with Crippen LogP contribution in [0.2, 0.25) is 0 Å². The predicted octanol–water partition coefficient (Wildman–Crippen LogP) is 3.60. The summed E-state index contributed by atoms with van der Waals surface area (Å²) in [6.07, 6.45) is 0.821. The van der Waals surface area contributed by atoms with Gasteiger partial charge >= 0.3 is 0 Å². The second-order valence-corrected chi connectivity index (χ2v) is 7.64. The summed E-state index contributed by atoms with van der Waals surface area (Å²) >= 11 is 1.32. The molecule has 6 heteroatoms. The van der Waals surface area contributed by atoms with Crippen molar-refractivity contribution in [1.82, 2.24) is 14.9 Å². The number of para-hydroxylation sites is 1. The Morgan fingerprint density at radius 2 is 1.85 bits per heavy atom. The van der Waals surface area contributed by atoms with E-state index in [9.17, 15) is 9.59 Å². The maximum atomic E-state index is 12.8. The van der Waals surface area contributed by atoms with Crippen LogP contribution in [0.1, 0.15) is 25.8 Å². The SMILES string of the molecule is CCCn1c(SC(C)C(=O)NCc2ccccc2)nc2ccccc2c1=O. The van der Waals surface area contributed by atoms with Gasteiger partial charge in [-0.15, -0.1) is 0 Å². The molecule has 0 aliphatic heterocycles. The molecule has 1 aromatic heterocycles. The van der Waals surface area contributed by atoms with Crippen LogP contribution in [0.25, 0.3) is 10.9 Å². The average molecular weight is 382 g/mol. The first-order chi connectivity index (χ1) is 13.1. The van der Waals surface area contributed by atoms with Gasteiger partial charge in [0.2, 0.25) is 5.91 Å². The Balaban J connectivity index is 1.79. The summed E-state index contributed by atoms with van der Waals surface area (Å²) in [5, 5.41) is 3.78. The molecule has 2 aromatic carbocycles. The number of nitrogens with one attached hydrogen (secondary N) is 1. The van der Waals surface area contributed by atoms with Crippen LogP contribution >= 0.6 is 11.8 Å². The van der Waals surface area contributed by atoms with Crippen molar-refractivity contribution in [3.8, 4) is 0 Å². The molecule has 0 saturated carbocycles. The summed E-state index contributed by atoms with van der Waals surface area (Å²) < 4.78 is 1.67. The molecule has 27 heavy (non-hydrogen) atoms. The van der Waals surface area contributed by atoms with Crippen LogP contribution in [-0.4, -0.2) is 20.7 Å². The minimum atomic E-state index is -0.357. The van der Waals surface area contributed by atoms with Crippen LogP contribution in [0.5, 0.6) is 0 Å². The van der Waals surface area contributed by atoms with Gasteiger partial charge in [-0.25, -0.2) is 4.98 Å². The van der Waals surface area contributed by atoms with E-state index in [1.54, 1.807) is 10.6 Å². The van der Waals surface area contributed by atoms with Crippen LogP contribution in [0.3, 0.4) is 0 Å². The summed E-state index contributed by atoms with van der Waals surface area (Å²) in [5.41, 5.74) is 1.66. The van der Waals surface area contributed by atoms with E-state index in [4.69, 9.17) is 0 Å². The Labute approximate surface area is 162 Å². The minimum absolute atomic E-state index is 0.0538. The van der Waals surface area contributed by atoms with Gasteiger partial charge in [0.1, 0.15) is 0 Å². The van der Waals surface area contributed by atoms with Crippen molar-refractivity contribution in [2.24, 2.45) is 0 Å². The molecule has 1 amide bonds. The molecule has 3 rings (SSSR count). The number of benzene rings is 2. The fourth-order valence-corrected chi connectivity index (χ4v) is 3.76. The van der Waals surface area contributed by atoms with E-state index in [2.05, 4.69) is 10.3 Å². The van der Waals surface area contributed by atoms with Gasteiger partial charge in [0.05, 0.1) is 16.2 Å². The average Bonchev–Trinajstić information content (AvgIpc) is 2.70. The smallest absolute Gasteiger partial charge is 0.262 e. The van der Waals surface area contributed by atoms with E-state index < -0.39 is 0 Å². The zero-order valence-electron chi connectivity index (χ0n) is 15.5. The fourth-order valence-electron chi connectivity index (χ4n) is 2.80. The van der Waals surface area contributed by atoms with Crippen LogP contribution in [0.15, 0.2) is 64.5 Å². The lowest BCUT2D eigenvalue weighted by Crippen LogP contribution is -2.31. The quantitative estimate of drug-likeness (QED) is 0.502. The number of fused-ring (bicyclic) bond motifs is 1. The lowest BCUT2D eigenvalue weighted by molar-refractivity contribution is -0.120. The maximum Gasteiger partial charge on any atom is 0.262 e. The first-order valence-electron chi connectivity index (χ1n) is 9.08. The molecule has 0 radical (unpaired) electrons. The highest BCUT2D eigenvalue weighted by Gasteiger charge is 2.19. The molecule has 0 aliphatic carbocycles. The molecule has 0 saturated heterocycles. The Kier molecular flexibility index (Phi) is 6.29. The predicted molar refractivity (Wildman–Crippen MR) is 110 cm³/mol. The monoisotopic (exact) mass is 381 g/mol. The molecule has 1 heterocycles. The minimum Gasteiger partial charge on any atom is -0.351 e. The molecule has 0 aliphatic rings. The van der Waals surface area contributed by atoms with E-state index in [1.807, 2.05) is 62.4 Å². The number of thioether (sulfide) groups is 1. The summed E-state index contributed by atoms with van der Waals surface area (Å²) in [7, 11) is 0. The van der Waals surface area contributed by atoms with E-state index in [1.165, 1.54) is 11.8 Å². The van der Waals surface area contributed by atoms with Crippen LogP contribution in [0, 0.1) is 0 Å². The number of aromatic nitrogens is 2. The van der Waals surface area contributed by atoms with Crippen molar-refractivity contribution in [2.75, 3.05) is 0 Å². The number of amides is 1. The molecule has 3 aromatic rings. The first-order valence-corrected chi connectivity index (χ1v) is 9.96.